The van der Waals surface area contributed by atoms with Crippen molar-refractivity contribution in [2.24, 2.45) is 0 Å². The average Bonchev–Trinajstić information content (AvgIpc) is 2.79. The van der Waals surface area contributed by atoms with Crippen molar-refractivity contribution < 1.29 is 9.47 Å². The zero-order valence-corrected chi connectivity index (χ0v) is 11.9. The Hall–Kier alpha value is -0.580. The van der Waals surface area contributed by atoms with Crippen LogP contribution in [0.15, 0.2) is 22.7 Å². The van der Waals surface area contributed by atoms with Gasteiger partial charge in [0.2, 0.25) is 0 Å². The van der Waals surface area contributed by atoms with E-state index in [-0.39, 0.29) is 0 Å². The molecular weight excluding hydrogens is 282 g/mol. The molecule has 0 N–H and O–H groups in total. The fourth-order valence-electron chi connectivity index (χ4n) is 2.22. The normalized spacial score (nSPS) is 20.8. The Labute approximate surface area is 111 Å². The Morgan fingerprint density at radius 1 is 1.41 bits per heavy atom. The zero-order valence-electron chi connectivity index (χ0n) is 10.3. The predicted octanol–water partition coefficient (Wildman–Crippen LogP) is 2.68. The minimum absolute atomic E-state index is 0.386. The van der Waals surface area contributed by atoms with Gasteiger partial charge in [-0.25, -0.2) is 0 Å². The first-order valence-corrected chi connectivity index (χ1v) is 6.60. The largest absolute Gasteiger partial charge is 0.496 e. The Kier molecular flexibility index (Phi) is 4.42. The maximum Gasteiger partial charge on any atom is 0.124 e. The first-order valence-electron chi connectivity index (χ1n) is 5.80. The van der Waals surface area contributed by atoms with Gasteiger partial charge in [0.15, 0.2) is 0 Å². The first kappa shape index (κ1) is 12.9. The number of hydrogen-bond acceptors (Lipinski definition) is 3. The van der Waals surface area contributed by atoms with Crippen LogP contribution < -0.4 is 4.74 Å². The van der Waals surface area contributed by atoms with Gasteiger partial charge in [0.1, 0.15) is 5.75 Å². The number of hydrogen-bond donors (Lipinski definition) is 0. The number of rotatable bonds is 4. The topological polar surface area (TPSA) is 21.7 Å². The molecule has 1 saturated heterocycles. The van der Waals surface area contributed by atoms with Crippen molar-refractivity contribution in [3.63, 3.8) is 0 Å². The van der Waals surface area contributed by atoms with Gasteiger partial charge >= 0.3 is 0 Å². The Balaban J connectivity index is 2.03. The minimum Gasteiger partial charge on any atom is -0.496 e. The summed E-state index contributed by atoms with van der Waals surface area (Å²) in [5, 5.41) is 0. The summed E-state index contributed by atoms with van der Waals surface area (Å²) in [7, 11) is 3.50. The molecule has 4 heteroatoms. The van der Waals surface area contributed by atoms with Crippen LogP contribution in [-0.4, -0.2) is 38.3 Å². The highest BCUT2D eigenvalue weighted by Crippen LogP contribution is 2.26. The van der Waals surface area contributed by atoms with E-state index in [9.17, 15) is 0 Å². The number of benzene rings is 1. The molecule has 0 bridgehead atoms. The molecule has 0 radical (unpaired) electrons. The quantitative estimate of drug-likeness (QED) is 0.853. The van der Waals surface area contributed by atoms with Crippen LogP contribution in [0.2, 0.25) is 0 Å². The second-order valence-electron chi connectivity index (χ2n) is 4.34. The third-order valence-corrected chi connectivity index (χ3v) is 3.70. The van der Waals surface area contributed by atoms with Gasteiger partial charge in [-0.15, -0.1) is 0 Å². The van der Waals surface area contributed by atoms with Crippen LogP contribution in [0.1, 0.15) is 12.0 Å². The lowest BCUT2D eigenvalue weighted by atomic mass is 10.2. The number of methoxy groups -OCH3 is 2. The van der Waals surface area contributed by atoms with E-state index < -0.39 is 0 Å². The van der Waals surface area contributed by atoms with Gasteiger partial charge in [0, 0.05) is 36.8 Å². The molecule has 0 spiro atoms. The van der Waals surface area contributed by atoms with E-state index in [4.69, 9.17) is 9.47 Å². The van der Waals surface area contributed by atoms with E-state index in [2.05, 4.69) is 33.0 Å². The molecule has 1 aromatic carbocycles. The van der Waals surface area contributed by atoms with Crippen molar-refractivity contribution in [2.45, 2.75) is 19.1 Å². The molecule has 3 nitrogen and oxygen atoms in total. The maximum atomic E-state index is 5.40. The molecule has 1 aromatic rings. The second-order valence-corrected chi connectivity index (χ2v) is 5.25. The fourth-order valence-corrected chi connectivity index (χ4v) is 2.56. The van der Waals surface area contributed by atoms with Crippen molar-refractivity contribution in [1.29, 1.82) is 0 Å². The number of nitrogens with zero attached hydrogens (tertiary/aromatic N) is 1. The summed E-state index contributed by atoms with van der Waals surface area (Å²) in [6.07, 6.45) is 1.51. The second kappa shape index (κ2) is 5.85. The number of ether oxygens (including phenoxy) is 2. The third-order valence-electron chi connectivity index (χ3n) is 3.21. The lowest BCUT2D eigenvalue weighted by Crippen LogP contribution is -2.22. The molecule has 0 aliphatic carbocycles. The summed E-state index contributed by atoms with van der Waals surface area (Å²) in [5.41, 5.74) is 1.23. The molecular formula is C13H18BrNO2. The summed E-state index contributed by atoms with van der Waals surface area (Å²) < 4.78 is 11.8. The highest BCUT2D eigenvalue weighted by atomic mass is 79.9. The predicted molar refractivity (Wildman–Crippen MR) is 71.4 cm³/mol. The molecule has 1 aliphatic heterocycles. The van der Waals surface area contributed by atoms with Crippen LogP contribution in [0.4, 0.5) is 0 Å². The monoisotopic (exact) mass is 299 g/mol. The van der Waals surface area contributed by atoms with Gasteiger partial charge in [-0.2, -0.15) is 0 Å². The Bertz CT molecular complexity index is 384. The standard InChI is InChI=1S/C13H18BrNO2/c1-16-12-5-6-15(9-12)8-10-3-4-11(14)7-13(10)17-2/h3-4,7,12H,5-6,8-9H2,1-2H3/t12-/m1/s1. The van der Waals surface area contributed by atoms with Gasteiger partial charge in [-0.3, -0.25) is 4.90 Å². The van der Waals surface area contributed by atoms with E-state index in [1.165, 1.54) is 5.56 Å². The first-order chi connectivity index (χ1) is 8.22. The Morgan fingerprint density at radius 3 is 2.88 bits per heavy atom. The van der Waals surface area contributed by atoms with Crippen LogP contribution in [0.3, 0.4) is 0 Å². The Morgan fingerprint density at radius 2 is 2.24 bits per heavy atom. The summed E-state index contributed by atoms with van der Waals surface area (Å²) in [6, 6.07) is 6.18. The van der Waals surface area contributed by atoms with E-state index in [0.29, 0.717) is 6.10 Å². The average molecular weight is 300 g/mol. The summed E-state index contributed by atoms with van der Waals surface area (Å²) in [5.74, 6) is 0.945. The van der Waals surface area contributed by atoms with Crippen LogP contribution in [0, 0.1) is 0 Å². The van der Waals surface area contributed by atoms with Crippen molar-refractivity contribution in [2.75, 3.05) is 27.3 Å². The van der Waals surface area contributed by atoms with Gasteiger partial charge in [0.25, 0.3) is 0 Å². The zero-order chi connectivity index (χ0) is 12.3. The third kappa shape index (κ3) is 3.21. The van der Waals surface area contributed by atoms with Crippen LogP contribution in [0.25, 0.3) is 0 Å². The van der Waals surface area contributed by atoms with Gasteiger partial charge in [-0.05, 0) is 18.6 Å². The summed E-state index contributed by atoms with van der Waals surface area (Å²) in [6.45, 7) is 3.03. The molecule has 0 unspecified atom stereocenters. The minimum atomic E-state index is 0.386. The molecule has 1 heterocycles. The molecule has 94 valence electrons. The van der Waals surface area contributed by atoms with Crippen molar-refractivity contribution >= 4 is 15.9 Å². The molecule has 1 atom stereocenters. The smallest absolute Gasteiger partial charge is 0.124 e. The fraction of sp³-hybridized carbons (Fsp3) is 0.538. The summed E-state index contributed by atoms with van der Waals surface area (Å²) in [4.78, 5) is 2.40. The number of likely N-dealkylation sites (tertiary alicyclic amines) is 1. The van der Waals surface area contributed by atoms with Gasteiger partial charge in [-0.1, -0.05) is 22.0 Å². The molecule has 0 aromatic heterocycles. The molecule has 0 saturated carbocycles. The van der Waals surface area contributed by atoms with E-state index >= 15 is 0 Å². The van der Waals surface area contributed by atoms with E-state index in [0.717, 1.165) is 36.3 Å². The van der Waals surface area contributed by atoms with Crippen LogP contribution in [-0.2, 0) is 11.3 Å². The summed E-state index contributed by atoms with van der Waals surface area (Å²) >= 11 is 3.46. The van der Waals surface area contributed by atoms with Crippen molar-refractivity contribution in [1.82, 2.24) is 4.90 Å². The lowest BCUT2D eigenvalue weighted by Gasteiger charge is -2.17. The highest BCUT2D eigenvalue weighted by Gasteiger charge is 2.22. The van der Waals surface area contributed by atoms with Gasteiger partial charge in [0.05, 0.1) is 13.2 Å². The van der Waals surface area contributed by atoms with Crippen LogP contribution in [0.5, 0.6) is 5.75 Å². The molecule has 2 rings (SSSR count). The van der Waals surface area contributed by atoms with Gasteiger partial charge < -0.3 is 9.47 Å². The van der Waals surface area contributed by atoms with Crippen molar-refractivity contribution in [3.05, 3.63) is 28.2 Å². The SMILES string of the molecule is COc1cc(Br)ccc1CN1CC[C@@H](OC)C1. The maximum absolute atomic E-state index is 5.40. The van der Waals surface area contributed by atoms with E-state index in [1.807, 2.05) is 6.07 Å². The molecule has 1 aliphatic rings. The van der Waals surface area contributed by atoms with E-state index in [1.54, 1.807) is 14.2 Å². The lowest BCUT2D eigenvalue weighted by molar-refractivity contribution is 0.107. The number of halogens is 1. The molecule has 17 heavy (non-hydrogen) atoms. The molecule has 1 fully saturated rings. The highest BCUT2D eigenvalue weighted by molar-refractivity contribution is 9.10. The van der Waals surface area contributed by atoms with Crippen molar-refractivity contribution in [3.8, 4) is 5.75 Å². The van der Waals surface area contributed by atoms with Crippen LogP contribution >= 0.6 is 15.9 Å². The molecule has 0 amide bonds.